The maximum atomic E-state index is 12.8. The van der Waals surface area contributed by atoms with Gasteiger partial charge in [-0.25, -0.2) is 4.79 Å². The lowest BCUT2D eigenvalue weighted by molar-refractivity contribution is -0.297. The number of carbonyl (C=O) groups excluding carboxylic acids is 1. The Kier molecular flexibility index (Phi) is 5.42. The van der Waals surface area contributed by atoms with Crippen molar-refractivity contribution in [3.63, 3.8) is 0 Å². The summed E-state index contributed by atoms with van der Waals surface area (Å²) in [6.07, 6.45) is 2.12. The number of hydrogen-bond donors (Lipinski definition) is 0. The molecule has 3 rings (SSSR count). The van der Waals surface area contributed by atoms with Crippen molar-refractivity contribution in [1.82, 2.24) is 0 Å². The molecule has 1 aliphatic rings. The van der Waals surface area contributed by atoms with Crippen LogP contribution in [-0.4, -0.2) is 19.7 Å². The zero-order chi connectivity index (χ0) is 18.5. The Morgan fingerprint density at radius 2 is 1.81 bits per heavy atom. The molecule has 0 aromatic heterocycles. The molecule has 1 unspecified atom stereocenters. The summed E-state index contributed by atoms with van der Waals surface area (Å²) in [6, 6.07) is 17.2. The first-order valence-corrected chi connectivity index (χ1v) is 8.62. The van der Waals surface area contributed by atoms with Crippen LogP contribution in [0.4, 0.5) is 0 Å². The highest BCUT2D eigenvalue weighted by Gasteiger charge is 2.28. The summed E-state index contributed by atoms with van der Waals surface area (Å²) >= 11 is 0. The largest absolute Gasteiger partial charge is 0.872 e. The van der Waals surface area contributed by atoms with Gasteiger partial charge in [0, 0.05) is 11.5 Å². The molecule has 1 aliphatic carbocycles. The molecule has 2 aromatic rings. The first-order valence-electron chi connectivity index (χ1n) is 8.62. The number of hydrogen-bond acceptors (Lipinski definition) is 4. The van der Waals surface area contributed by atoms with Crippen LogP contribution in [0.25, 0.3) is 5.57 Å². The molecule has 0 N–H and O–H groups in total. The first-order chi connectivity index (χ1) is 12.6. The summed E-state index contributed by atoms with van der Waals surface area (Å²) in [7, 11) is 1.60. The number of methoxy groups -OCH3 is 1. The predicted octanol–water partition coefficient (Wildman–Crippen LogP) is 3.44. The van der Waals surface area contributed by atoms with Crippen molar-refractivity contribution >= 4 is 11.5 Å². The lowest BCUT2D eigenvalue weighted by Gasteiger charge is -2.30. The Labute approximate surface area is 153 Å². The number of benzene rings is 2. The monoisotopic (exact) mass is 349 g/mol. The lowest BCUT2D eigenvalue weighted by Crippen LogP contribution is -2.24. The number of allylic oxidation sites excluding steroid dienone is 2. The summed E-state index contributed by atoms with van der Waals surface area (Å²) in [6.45, 7) is 1.97. The van der Waals surface area contributed by atoms with Gasteiger partial charge in [-0.05, 0) is 42.2 Å². The summed E-state index contributed by atoms with van der Waals surface area (Å²) in [5.41, 5.74) is 2.99. The van der Waals surface area contributed by atoms with Crippen LogP contribution >= 0.6 is 0 Å². The van der Waals surface area contributed by atoms with Crippen LogP contribution in [0.5, 0.6) is 5.75 Å². The minimum atomic E-state index is -0.540. The molecule has 4 nitrogen and oxygen atoms in total. The Bertz CT molecular complexity index is 832. The third-order valence-electron chi connectivity index (χ3n) is 4.50. The molecule has 26 heavy (non-hydrogen) atoms. The summed E-state index contributed by atoms with van der Waals surface area (Å²) in [5.74, 6) is -0.434. The van der Waals surface area contributed by atoms with E-state index in [1.807, 2.05) is 54.6 Å². The fourth-order valence-corrected chi connectivity index (χ4v) is 3.21. The number of esters is 1. The summed E-state index contributed by atoms with van der Waals surface area (Å²) in [5, 5.41) is 12.8. The van der Waals surface area contributed by atoms with E-state index in [-0.39, 0.29) is 23.9 Å². The van der Waals surface area contributed by atoms with Gasteiger partial charge in [-0.2, -0.15) is 0 Å². The van der Waals surface area contributed by atoms with Crippen molar-refractivity contribution in [1.29, 1.82) is 0 Å². The molecule has 0 amide bonds. The van der Waals surface area contributed by atoms with E-state index in [1.54, 1.807) is 20.1 Å². The fraction of sp³-hybridized carbons (Fsp3) is 0.227. The van der Waals surface area contributed by atoms with Gasteiger partial charge in [-0.1, -0.05) is 54.3 Å². The molecular weight excluding hydrogens is 328 g/mol. The quantitative estimate of drug-likeness (QED) is 0.776. The van der Waals surface area contributed by atoms with Crippen molar-refractivity contribution < 1.29 is 19.4 Å². The molecule has 0 heterocycles. The second kappa shape index (κ2) is 7.91. The average molecular weight is 349 g/mol. The first kappa shape index (κ1) is 17.8. The van der Waals surface area contributed by atoms with Gasteiger partial charge >= 0.3 is 5.97 Å². The van der Waals surface area contributed by atoms with Gasteiger partial charge < -0.3 is 14.6 Å². The van der Waals surface area contributed by atoms with E-state index in [2.05, 4.69) is 0 Å². The highest BCUT2D eigenvalue weighted by molar-refractivity contribution is 5.93. The van der Waals surface area contributed by atoms with Crippen LogP contribution in [0, 0.1) is 0 Å². The van der Waals surface area contributed by atoms with Gasteiger partial charge in [-0.15, -0.1) is 0 Å². The zero-order valence-electron chi connectivity index (χ0n) is 14.9. The van der Waals surface area contributed by atoms with Crippen molar-refractivity contribution in [2.45, 2.75) is 19.3 Å². The topological polar surface area (TPSA) is 58.6 Å². The number of carbonyl (C=O) groups is 1. The van der Waals surface area contributed by atoms with Crippen LogP contribution < -0.4 is 9.84 Å². The molecule has 0 saturated heterocycles. The van der Waals surface area contributed by atoms with E-state index in [9.17, 15) is 9.90 Å². The normalized spacial score (nSPS) is 16.8. The van der Waals surface area contributed by atoms with Crippen molar-refractivity contribution in [3.05, 3.63) is 83.1 Å². The lowest BCUT2D eigenvalue weighted by atomic mass is 9.79. The van der Waals surface area contributed by atoms with Crippen LogP contribution in [0.2, 0.25) is 0 Å². The van der Waals surface area contributed by atoms with Gasteiger partial charge in [0.05, 0.1) is 13.7 Å². The summed E-state index contributed by atoms with van der Waals surface area (Å²) < 4.78 is 10.3. The maximum absolute atomic E-state index is 12.8. The smallest absolute Gasteiger partial charge is 0.334 e. The predicted molar refractivity (Wildman–Crippen MR) is 98.4 cm³/mol. The number of ether oxygens (including phenoxy) is 2. The highest BCUT2D eigenvalue weighted by atomic mass is 16.5. The second-order valence-electron chi connectivity index (χ2n) is 6.06. The Morgan fingerprint density at radius 1 is 1.12 bits per heavy atom. The minimum Gasteiger partial charge on any atom is -0.872 e. The maximum Gasteiger partial charge on any atom is 0.334 e. The molecule has 0 aliphatic heterocycles. The molecule has 0 spiro atoms. The van der Waals surface area contributed by atoms with Crippen LogP contribution in [-0.2, 0) is 9.53 Å². The molecule has 0 saturated carbocycles. The SMILES string of the molecule is CCOC(=O)C1=C([O-])C=C(c2ccccc2)CC1c1ccc(OC)cc1. The molecule has 0 radical (unpaired) electrons. The molecule has 0 bridgehead atoms. The summed E-state index contributed by atoms with van der Waals surface area (Å²) in [4.78, 5) is 12.4. The molecule has 1 atom stereocenters. The Morgan fingerprint density at radius 3 is 2.42 bits per heavy atom. The van der Waals surface area contributed by atoms with E-state index in [1.165, 1.54) is 0 Å². The fourth-order valence-electron chi connectivity index (χ4n) is 3.21. The highest BCUT2D eigenvalue weighted by Crippen LogP contribution is 2.40. The number of rotatable bonds is 5. The molecular formula is C22H21O4-. The zero-order valence-corrected chi connectivity index (χ0v) is 14.9. The Hall–Kier alpha value is -3.01. The van der Waals surface area contributed by atoms with Crippen molar-refractivity contribution in [2.24, 2.45) is 0 Å². The van der Waals surface area contributed by atoms with Gasteiger partial charge in [0.25, 0.3) is 0 Å². The van der Waals surface area contributed by atoms with Gasteiger partial charge in [0.15, 0.2) is 0 Å². The Balaban J connectivity index is 2.04. The van der Waals surface area contributed by atoms with E-state index in [0.717, 1.165) is 22.4 Å². The van der Waals surface area contributed by atoms with Crippen molar-refractivity contribution in [3.8, 4) is 5.75 Å². The van der Waals surface area contributed by atoms with Crippen LogP contribution in [0.15, 0.2) is 72.0 Å². The van der Waals surface area contributed by atoms with E-state index in [0.29, 0.717) is 6.42 Å². The van der Waals surface area contributed by atoms with Crippen molar-refractivity contribution in [2.75, 3.05) is 13.7 Å². The van der Waals surface area contributed by atoms with Gasteiger partial charge in [0.1, 0.15) is 5.75 Å². The molecule has 0 fully saturated rings. The molecule has 4 heteroatoms. The average Bonchev–Trinajstić information content (AvgIpc) is 2.68. The standard InChI is InChI=1S/C22H22O4/c1-3-26-22(24)21-19(16-9-11-18(25-2)12-10-16)13-17(14-20(21)23)15-7-5-4-6-8-15/h4-12,14,19,23H,3,13H2,1-2H3/p-1. The van der Waals surface area contributed by atoms with E-state index >= 15 is 0 Å². The molecule has 134 valence electrons. The van der Waals surface area contributed by atoms with Crippen LogP contribution in [0.3, 0.4) is 0 Å². The second-order valence-corrected chi connectivity index (χ2v) is 6.06. The third-order valence-corrected chi connectivity index (χ3v) is 4.50. The van der Waals surface area contributed by atoms with E-state index in [4.69, 9.17) is 9.47 Å². The van der Waals surface area contributed by atoms with Gasteiger partial charge in [0.2, 0.25) is 0 Å². The van der Waals surface area contributed by atoms with E-state index < -0.39 is 5.97 Å². The molecule has 2 aromatic carbocycles. The minimum absolute atomic E-state index is 0.191. The van der Waals surface area contributed by atoms with Gasteiger partial charge in [-0.3, -0.25) is 0 Å². The van der Waals surface area contributed by atoms with Crippen LogP contribution in [0.1, 0.15) is 30.4 Å². The third kappa shape index (κ3) is 3.64.